The van der Waals surface area contributed by atoms with Gasteiger partial charge in [0.25, 0.3) is 0 Å². The summed E-state index contributed by atoms with van der Waals surface area (Å²) in [5.41, 5.74) is 2.56. The number of Topliss-reactive ketones (excluding diaryl/α,β-unsaturated/α-hetero) is 1. The number of hydrogen-bond acceptors (Lipinski definition) is 2. The van der Waals surface area contributed by atoms with Crippen LogP contribution in [0.1, 0.15) is 70.4 Å². The smallest absolute Gasteiger partial charge is 0.129 e. The molecule has 0 N–H and O–H groups in total. The van der Waals surface area contributed by atoms with Crippen LogP contribution >= 0.6 is 0 Å². The van der Waals surface area contributed by atoms with Crippen LogP contribution in [0.15, 0.2) is 18.2 Å². The van der Waals surface area contributed by atoms with Gasteiger partial charge in [-0.1, -0.05) is 32.9 Å². The van der Waals surface area contributed by atoms with E-state index in [0.29, 0.717) is 24.9 Å². The number of carbonyl (C=O) groups excluding carboxylic acids is 1. The van der Waals surface area contributed by atoms with E-state index in [-0.39, 0.29) is 5.78 Å². The largest absolute Gasteiger partial charge is 0.494 e. The average Bonchev–Trinajstić information content (AvgIpc) is 2.36. The minimum Gasteiger partial charge on any atom is -0.494 e. The Labute approximate surface area is 117 Å². The number of ether oxygens (including phenoxy) is 1. The van der Waals surface area contributed by atoms with Crippen LogP contribution in [0.5, 0.6) is 5.75 Å². The summed E-state index contributed by atoms with van der Waals surface area (Å²) in [5, 5.41) is 0. The fourth-order valence-electron chi connectivity index (χ4n) is 2.20. The van der Waals surface area contributed by atoms with Crippen molar-refractivity contribution in [1.82, 2.24) is 0 Å². The van der Waals surface area contributed by atoms with Crippen LogP contribution in [0.3, 0.4) is 0 Å². The molecule has 2 heteroatoms. The second kappa shape index (κ2) is 7.32. The van der Waals surface area contributed by atoms with E-state index in [4.69, 9.17) is 4.74 Å². The molecule has 1 aromatic rings. The third-order valence-corrected chi connectivity index (χ3v) is 3.45. The van der Waals surface area contributed by atoms with Crippen LogP contribution in [0, 0.1) is 0 Å². The van der Waals surface area contributed by atoms with Crippen LogP contribution in [0.2, 0.25) is 0 Å². The zero-order valence-corrected chi connectivity index (χ0v) is 12.8. The number of hydrogen-bond donors (Lipinski definition) is 0. The van der Waals surface area contributed by atoms with E-state index >= 15 is 0 Å². The molecule has 0 saturated carbocycles. The summed E-state index contributed by atoms with van der Waals surface area (Å²) in [6.45, 7) is 10.9. The lowest BCUT2D eigenvalue weighted by Crippen LogP contribution is -2.02. The third-order valence-electron chi connectivity index (χ3n) is 3.45. The molecule has 0 bridgehead atoms. The maximum absolute atomic E-state index is 11.1. The van der Waals surface area contributed by atoms with E-state index in [0.717, 1.165) is 12.2 Å². The molecule has 19 heavy (non-hydrogen) atoms. The first-order valence-corrected chi connectivity index (χ1v) is 7.21. The average molecular weight is 262 g/mol. The SMILES string of the molecule is CCOc1ccc(C(C)CCC(C)=O)cc1C(C)C. The Morgan fingerprint density at radius 3 is 2.47 bits per heavy atom. The maximum atomic E-state index is 11.1. The number of benzene rings is 1. The molecule has 0 aliphatic rings. The molecule has 0 amide bonds. The zero-order valence-electron chi connectivity index (χ0n) is 12.8. The fourth-order valence-corrected chi connectivity index (χ4v) is 2.20. The van der Waals surface area contributed by atoms with Crippen LogP contribution in [-0.2, 0) is 4.79 Å². The number of carbonyl (C=O) groups is 1. The van der Waals surface area contributed by atoms with Gasteiger partial charge >= 0.3 is 0 Å². The van der Waals surface area contributed by atoms with E-state index < -0.39 is 0 Å². The summed E-state index contributed by atoms with van der Waals surface area (Å²) < 4.78 is 5.68. The first kappa shape index (κ1) is 15.7. The van der Waals surface area contributed by atoms with E-state index in [1.165, 1.54) is 11.1 Å². The molecular formula is C17H26O2. The van der Waals surface area contributed by atoms with Gasteiger partial charge in [0, 0.05) is 6.42 Å². The van der Waals surface area contributed by atoms with Gasteiger partial charge in [0.15, 0.2) is 0 Å². The van der Waals surface area contributed by atoms with Crippen LogP contribution < -0.4 is 4.74 Å². The topological polar surface area (TPSA) is 26.3 Å². The van der Waals surface area contributed by atoms with Gasteiger partial charge < -0.3 is 9.53 Å². The minimum atomic E-state index is 0.266. The molecule has 0 heterocycles. The van der Waals surface area contributed by atoms with Gasteiger partial charge in [-0.2, -0.15) is 0 Å². The molecule has 106 valence electrons. The van der Waals surface area contributed by atoms with Crippen molar-refractivity contribution in [3.8, 4) is 5.75 Å². The fraction of sp³-hybridized carbons (Fsp3) is 0.588. The zero-order chi connectivity index (χ0) is 14.4. The van der Waals surface area contributed by atoms with Crippen molar-refractivity contribution >= 4 is 5.78 Å². The molecule has 2 nitrogen and oxygen atoms in total. The lowest BCUT2D eigenvalue weighted by atomic mass is 9.91. The summed E-state index contributed by atoms with van der Waals surface area (Å²) >= 11 is 0. The Morgan fingerprint density at radius 1 is 1.26 bits per heavy atom. The highest BCUT2D eigenvalue weighted by atomic mass is 16.5. The van der Waals surface area contributed by atoms with Crippen molar-refractivity contribution in [2.75, 3.05) is 6.61 Å². The van der Waals surface area contributed by atoms with Gasteiger partial charge in [-0.3, -0.25) is 0 Å². The van der Waals surface area contributed by atoms with Crippen molar-refractivity contribution in [3.05, 3.63) is 29.3 Å². The molecule has 1 atom stereocenters. The van der Waals surface area contributed by atoms with Crippen LogP contribution in [0.4, 0.5) is 0 Å². The molecule has 1 unspecified atom stereocenters. The highest BCUT2D eigenvalue weighted by Crippen LogP contribution is 2.31. The Morgan fingerprint density at radius 2 is 1.95 bits per heavy atom. The molecule has 1 rings (SSSR count). The standard InChI is InChI=1S/C17H26O2/c1-6-19-17-10-9-15(11-16(17)12(2)3)13(4)7-8-14(5)18/h9-13H,6-8H2,1-5H3. The number of rotatable bonds is 7. The molecule has 0 saturated heterocycles. The van der Waals surface area contributed by atoms with Crippen molar-refractivity contribution in [3.63, 3.8) is 0 Å². The third kappa shape index (κ3) is 4.70. The lowest BCUT2D eigenvalue weighted by molar-refractivity contribution is -0.117. The molecule has 0 aliphatic heterocycles. The second-order valence-corrected chi connectivity index (χ2v) is 5.53. The van der Waals surface area contributed by atoms with Gasteiger partial charge in [-0.25, -0.2) is 0 Å². The predicted molar refractivity (Wildman–Crippen MR) is 80.0 cm³/mol. The van der Waals surface area contributed by atoms with Crippen molar-refractivity contribution < 1.29 is 9.53 Å². The summed E-state index contributed by atoms with van der Waals surface area (Å²) in [4.78, 5) is 11.1. The van der Waals surface area contributed by atoms with Gasteiger partial charge in [0.2, 0.25) is 0 Å². The highest BCUT2D eigenvalue weighted by Gasteiger charge is 2.13. The van der Waals surface area contributed by atoms with Gasteiger partial charge in [-0.15, -0.1) is 0 Å². The van der Waals surface area contributed by atoms with Gasteiger partial charge in [0.1, 0.15) is 11.5 Å². The summed E-state index contributed by atoms with van der Waals surface area (Å²) in [5.74, 6) is 2.11. The van der Waals surface area contributed by atoms with Gasteiger partial charge in [-0.05, 0) is 49.3 Å². The van der Waals surface area contributed by atoms with Crippen molar-refractivity contribution in [2.24, 2.45) is 0 Å². The summed E-state index contributed by atoms with van der Waals surface area (Å²) in [6, 6.07) is 6.43. The molecule has 1 aromatic carbocycles. The Bertz CT molecular complexity index is 421. The maximum Gasteiger partial charge on any atom is 0.129 e. The summed E-state index contributed by atoms with van der Waals surface area (Å²) in [6.07, 6.45) is 1.58. The van der Waals surface area contributed by atoms with Crippen molar-refractivity contribution in [1.29, 1.82) is 0 Å². The molecule has 0 radical (unpaired) electrons. The highest BCUT2D eigenvalue weighted by molar-refractivity contribution is 5.75. The van der Waals surface area contributed by atoms with Gasteiger partial charge in [0.05, 0.1) is 6.61 Å². The first-order valence-electron chi connectivity index (χ1n) is 7.21. The summed E-state index contributed by atoms with van der Waals surface area (Å²) in [7, 11) is 0. The minimum absolute atomic E-state index is 0.266. The molecule has 0 aromatic heterocycles. The predicted octanol–water partition coefficient (Wildman–Crippen LogP) is 4.68. The van der Waals surface area contributed by atoms with Crippen LogP contribution in [-0.4, -0.2) is 12.4 Å². The van der Waals surface area contributed by atoms with Crippen LogP contribution in [0.25, 0.3) is 0 Å². The number of ketones is 1. The molecule has 0 fully saturated rings. The van der Waals surface area contributed by atoms with Crippen molar-refractivity contribution in [2.45, 2.75) is 59.3 Å². The lowest BCUT2D eigenvalue weighted by Gasteiger charge is -2.17. The van der Waals surface area contributed by atoms with E-state index in [9.17, 15) is 4.79 Å². The van der Waals surface area contributed by atoms with E-state index in [2.05, 4.69) is 39.0 Å². The Kier molecular flexibility index (Phi) is 6.07. The Balaban J connectivity index is 2.91. The molecule has 0 aliphatic carbocycles. The Hall–Kier alpha value is -1.31. The van der Waals surface area contributed by atoms with E-state index in [1.807, 2.05) is 6.92 Å². The first-order chi connectivity index (χ1) is 8.95. The second-order valence-electron chi connectivity index (χ2n) is 5.53. The molecular weight excluding hydrogens is 236 g/mol. The quantitative estimate of drug-likeness (QED) is 0.713. The monoisotopic (exact) mass is 262 g/mol. The normalized spacial score (nSPS) is 12.5. The van der Waals surface area contributed by atoms with E-state index in [1.54, 1.807) is 6.92 Å². The molecule has 0 spiro atoms.